The summed E-state index contributed by atoms with van der Waals surface area (Å²) in [5, 5.41) is 0. The van der Waals surface area contributed by atoms with Crippen molar-refractivity contribution in [1.82, 2.24) is 0 Å². The fourth-order valence-corrected chi connectivity index (χ4v) is 5.74. The van der Waals surface area contributed by atoms with Gasteiger partial charge in [0.1, 0.15) is 0 Å². The smallest absolute Gasteiger partial charge is 0.0736 e. The molecule has 3 aromatic carbocycles. The highest BCUT2D eigenvalue weighted by molar-refractivity contribution is 8.09. The molecule has 2 aliphatic rings. The lowest BCUT2D eigenvalue weighted by Crippen LogP contribution is -2.22. The maximum absolute atomic E-state index is 2.51. The van der Waals surface area contributed by atoms with Gasteiger partial charge in [0.05, 0.1) is 11.6 Å². The normalized spacial score (nSPS) is 14.9. The van der Waals surface area contributed by atoms with Gasteiger partial charge in [-0.2, -0.15) is 0 Å². The van der Waals surface area contributed by atoms with Crippen molar-refractivity contribution in [3.63, 3.8) is 0 Å². The molecule has 0 bridgehead atoms. The molecular formula is C25H23NS. The molecule has 0 radical (unpaired) electrons. The minimum absolute atomic E-state index is 0.974. The Labute approximate surface area is 165 Å². The van der Waals surface area contributed by atoms with Gasteiger partial charge in [-0.1, -0.05) is 53.6 Å². The zero-order chi connectivity index (χ0) is 18.7. The van der Waals surface area contributed by atoms with Gasteiger partial charge in [-0.3, -0.25) is 0 Å². The van der Waals surface area contributed by atoms with E-state index >= 15 is 0 Å². The van der Waals surface area contributed by atoms with Crippen LogP contribution in [0.2, 0.25) is 0 Å². The van der Waals surface area contributed by atoms with Crippen LogP contribution in [0.25, 0.3) is 21.7 Å². The van der Waals surface area contributed by atoms with Crippen molar-refractivity contribution in [2.24, 2.45) is 0 Å². The van der Waals surface area contributed by atoms with Gasteiger partial charge >= 0.3 is 0 Å². The van der Waals surface area contributed by atoms with E-state index in [1.165, 1.54) is 60.8 Å². The Kier molecular flexibility index (Phi) is 3.73. The van der Waals surface area contributed by atoms with Gasteiger partial charge < -0.3 is 4.90 Å². The van der Waals surface area contributed by atoms with Crippen LogP contribution in [0.1, 0.15) is 33.4 Å². The van der Waals surface area contributed by atoms with E-state index in [1.54, 1.807) is 0 Å². The van der Waals surface area contributed by atoms with Gasteiger partial charge in [0.2, 0.25) is 0 Å². The van der Waals surface area contributed by atoms with E-state index in [4.69, 9.17) is 0 Å². The predicted molar refractivity (Wildman–Crippen MR) is 119 cm³/mol. The number of nitrogens with zero attached hydrogens (tertiary/aromatic N) is 1. The van der Waals surface area contributed by atoms with E-state index < -0.39 is 0 Å². The van der Waals surface area contributed by atoms with Crippen molar-refractivity contribution in [2.75, 3.05) is 10.8 Å². The number of hydrogen-bond donors (Lipinski definition) is 0. The lowest BCUT2D eigenvalue weighted by molar-refractivity contribution is 1.18. The van der Waals surface area contributed by atoms with Crippen LogP contribution in [-0.2, 0) is 0 Å². The average Bonchev–Trinajstić information content (AvgIpc) is 3.06. The number of benzene rings is 3. The van der Waals surface area contributed by atoms with Crippen LogP contribution in [-0.4, -0.2) is 5.88 Å². The number of hydrogen-bond acceptors (Lipinski definition) is 2. The summed E-state index contributed by atoms with van der Waals surface area (Å²) in [7, 11) is 0. The van der Waals surface area contributed by atoms with E-state index in [2.05, 4.69) is 87.2 Å². The Morgan fingerprint density at radius 3 is 2.15 bits per heavy atom. The average molecular weight is 370 g/mol. The zero-order valence-corrected chi connectivity index (χ0v) is 17.1. The van der Waals surface area contributed by atoms with Gasteiger partial charge in [-0.15, -0.1) is 11.8 Å². The molecule has 0 saturated heterocycles. The van der Waals surface area contributed by atoms with Gasteiger partial charge in [-0.25, -0.2) is 0 Å². The molecule has 0 atom stereocenters. The minimum atomic E-state index is 0.974. The monoisotopic (exact) mass is 369 g/mol. The second-order valence-electron chi connectivity index (χ2n) is 7.72. The first kappa shape index (κ1) is 16.7. The highest BCUT2D eigenvalue weighted by atomic mass is 32.2. The van der Waals surface area contributed by atoms with Crippen molar-refractivity contribution in [3.05, 3.63) is 88.0 Å². The summed E-state index contributed by atoms with van der Waals surface area (Å²) in [6.45, 7) is 8.83. The van der Waals surface area contributed by atoms with Gasteiger partial charge in [-0.05, 0) is 62.1 Å². The van der Waals surface area contributed by atoms with Crippen molar-refractivity contribution >= 4 is 28.1 Å². The molecule has 0 amide bonds. The third-order valence-corrected chi connectivity index (χ3v) is 6.77. The number of fused-ring (bicyclic) bond motifs is 6. The van der Waals surface area contributed by atoms with Crippen LogP contribution in [0.15, 0.2) is 54.6 Å². The molecular weight excluding hydrogens is 346 g/mol. The summed E-state index contributed by atoms with van der Waals surface area (Å²) in [5.74, 6) is 0.974. The molecule has 2 heterocycles. The molecule has 0 aromatic heterocycles. The van der Waals surface area contributed by atoms with Gasteiger partial charge in [0.15, 0.2) is 0 Å². The van der Waals surface area contributed by atoms with Gasteiger partial charge in [0, 0.05) is 21.7 Å². The largest absolute Gasteiger partial charge is 0.329 e. The van der Waals surface area contributed by atoms with Crippen LogP contribution in [0.5, 0.6) is 0 Å². The summed E-state index contributed by atoms with van der Waals surface area (Å²) < 4.78 is 0. The van der Waals surface area contributed by atoms with Crippen molar-refractivity contribution in [2.45, 2.75) is 27.7 Å². The Hall–Kier alpha value is -2.45. The zero-order valence-electron chi connectivity index (χ0n) is 16.3. The van der Waals surface area contributed by atoms with Crippen LogP contribution in [0.4, 0.5) is 5.69 Å². The Morgan fingerprint density at radius 1 is 0.741 bits per heavy atom. The van der Waals surface area contributed by atoms with E-state index in [0.29, 0.717) is 0 Å². The lowest BCUT2D eigenvalue weighted by Gasteiger charge is -2.32. The molecule has 0 saturated carbocycles. The molecule has 0 N–H and O–H groups in total. The maximum atomic E-state index is 2.51. The highest BCUT2D eigenvalue weighted by Crippen LogP contribution is 2.54. The lowest BCUT2D eigenvalue weighted by atomic mass is 9.88. The fourth-order valence-electron chi connectivity index (χ4n) is 4.39. The molecule has 1 nitrogen and oxygen atoms in total. The highest BCUT2D eigenvalue weighted by Gasteiger charge is 2.34. The molecule has 5 rings (SSSR count). The Morgan fingerprint density at radius 2 is 1.41 bits per heavy atom. The minimum Gasteiger partial charge on any atom is -0.329 e. The van der Waals surface area contributed by atoms with Crippen LogP contribution in [0.3, 0.4) is 0 Å². The Bertz CT molecular complexity index is 1100. The summed E-state index contributed by atoms with van der Waals surface area (Å²) in [6.07, 6.45) is 0. The van der Waals surface area contributed by atoms with Crippen molar-refractivity contribution < 1.29 is 0 Å². The summed E-state index contributed by atoms with van der Waals surface area (Å²) >= 11 is 1.97. The summed E-state index contributed by atoms with van der Waals surface area (Å²) in [6, 6.07) is 20.4. The first-order chi connectivity index (χ1) is 13.0. The SMILES string of the molecule is Cc1ccc2c(c1)-c1cc(C)ccc1N1CSC(c3c(C)cccc3C)=C21. The topological polar surface area (TPSA) is 3.24 Å². The molecule has 27 heavy (non-hydrogen) atoms. The predicted octanol–water partition coefficient (Wildman–Crippen LogP) is 6.94. The first-order valence-corrected chi connectivity index (χ1v) is 10.5. The van der Waals surface area contributed by atoms with Crippen LogP contribution >= 0.6 is 11.8 Å². The van der Waals surface area contributed by atoms with E-state index in [0.717, 1.165) is 5.88 Å². The van der Waals surface area contributed by atoms with E-state index in [-0.39, 0.29) is 0 Å². The molecule has 0 fully saturated rings. The third-order valence-electron chi connectivity index (χ3n) is 5.69. The second kappa shape index (κ2) is 6.03. The second-order valence-corrected chi connectivity index (χ2v) is 8.67. The third kappa shape index (κ3) is 2.47. The van der Waals surface area contributed by atoms with Crippen molar-refractivity contribution in [1.29, 1.82) is 0 Å². The molecule has 2 heteroatoms. The molecule has 0 spiro atoms. The number of aryl methyl sites for hydroxylation is 4. The number of rotatable bonds is 1. The number of anilines is 1. The molecule has 0 unspecified atom stereocenters. The molecule has 134 valence electrons. The molecule has 3 aromatic rings. The first-order valence-electron chi connectivity index (χ1n) is 9.48. The molecule has 2 aliphatic heterocycles. The summed E-state index contributed by atoms with van der Waals surface area (Å²) in [5.41, 5.74) is 13.6. The summed E-state index contributed by atoms with van der Waals surface area (Å²) in [4.78, 5) is 3.93. The van der Waals surface area contributed by atoms with Gasteiger partial charge in [0.25, 0.3) is 0 Å². The van der Waals surface area contributed by atoms with Crippen LogP contribution < -0.4 is 4.90 Å². The van der Waals surface area contributed by atoms with E-state index in [1.807, 2.05) is 11.8 Å². The fraction of sp³-hybridized carbons (Fsp3) is 0.200. The van der Waals surface area contributed by atoms with E-state index in [9.17, 15) is 0 Å². The standard InChI is InChI=1S/C25H23NS/c1-15-8-10-19-20(12-15)21-13-16(2)9-11-22(21)26-14-27-25(24(19)26)23-17(3)6-5-7-18(23)4/h5-13H,14H2,1-4H3. The quantitative estimate of drug-likeness (QED) is 0.457. The van der Waals surface area contributed by atoms with Crippen LogP contribution in [0, 0.1) is 27.7 Å². The molecule has 0 aliphatic carbocycles. The Balaban J connectivity index is 1.86. The maximum Gasteiger partial charge on any atom is 0.0736 e. The number of thioether (sulfide) groups is 1. The van der Waals surface area contributed by atoms with Crippen molar-refractivity contribution in [3.8, 4) is 11.1 Å².